The van der Waals surface area contributed by atoms with Crippen molar-refractivity contribution in [2.75, 3.05) is 0 Å². The van der Waals surface area contributed by atoms with E-state index in [1.807, 2.05) is 30.3 Å². The maximum Gasteiger partial charge on any atom is 0.410 e. The first-order valence-corrected chi connectivity index (χ1v) is 7.20. The minimum absolute atomic E-state index is 0.137. The molecule has 4 heteroatoms. The van der Waals surface area contributed by atoms with Crippen LogP contribution in [-0.4, -0.2) is 29.4 Å². The average molecular weight is 275 g/mol. The first-order valence-electron chi connectivity index (χ1n) is 7.20. The van der Waals surface area contributed by atoms with Crippen molar-refractivity contribution in [2.45, 2.75) is 51.3 Å². The van der Waals surface area contributed by atoms with Gasteiger partial charge in [0, 0.05) is 6.04 Å². The largest absolute Gasteiger partial charge is 0.445 e. The van der Waals surface area contributed by atoms with Crippen molar-refractivity contribution in [3.63, 3.8) is 0 Å². The van der Waals surface area contributed by atoms with Crippen molar-refractivity contribution in [1.29, 1.82) is 0 Å². The van der Waals surface area contributed by atoms with Gasteiger partial charge in [-0.2, -0.15) is 0 Å². The van der Waals surface area contributed by atoms with Crippen LogP contribution >= 0.6 is 0 Å². The number of ether oxygens (including phenoxy) is 1. The summed E-state index contributed by atoms with van der Waals surface area (Å²) in [5, 5.41) is 0. The molecule has 0 saturated carbocycles. The van der Waals surface area contributed by atoms with Gasteiger partial charge in [-0.25, -0.2) is 4.79 Å². The van der Waals surface area contributed by atoms with Gasteiger partial charge in [-0.3, -0.25) is 4.90 Å². The maximum atomic E-state index is 12.2. The van der Waals surface area contributed by atoms with Crippen LogP contribution in [0.15, 0.2) is 30.3 Å². The predicted molar refractivity (Wildman–Crippen MR) is 76.2 cm³/mol. The predicted octanol–water partition coefficient (Wildman–Crippen LogP) is 3.16. The van der Waals surface area contributed by atoms with Crippen LogP contribution in [0.1, 0.15) is 38.2 Å². The highest BCUT2D eigenvalue weighted by Gasteiger charge is 2.37. The summed E-state index contributed by atoms with van der Waals surface area (Å²) in [6.07, 6.45) is 4.04. The maximum absolute atomic E-state index is 12.2. The van der Waals surface area contributed by atoms with E-state index in [2.05, 4.69) is 6.92 Å². The molecule has 0 aliphatic carbocycles. The summed E-state index contributed by atoms with van der Waals surface area (Å²) in [6.45, 7) is 2.34. The van der Waals surface area contributed by atoms with Crippen LogP contribution in [0.4, 0.5) is 4.79 Å². The van der Waals surface area contributed by atoms with Gasteiger partial charge in [-0.15, -0.1) is 0 Å². The van der Waals surface area contributed by atoms with Crippen molar-refractivity contribution < 1.29 is 14.3 Å². The molecule has 0 bridgehead atoms. The smallest absolute Gasteiger partial charge is 0.410 e. The molecule has 1 fully saturated rings. The Balaban J connectivity index is 1.96. The molecule has 1 aliphatic rings. The standard InChI is InChI=1S/C16H21NO3/c1-2-6-14-9-10-15(11-18)17(14)16(19)20-12-13-7-4-3-5-8-13/h3-5,7-8,11,14-15H,2,6,9-10,12H2,1H3/t14-,15-/m1/s1. The Morgan fingerprint density at radius 2 is 2.10 bits per heavy atom. The van der Waals surface area contributed by atoms with Gasteiger partial charge in [0.2, 0.25) is 0 Å². The van der Waals surface area contributed by atoms with Gasteiger partial charge in [0.05, 0.1) is 6.04 Å². The molecule has 2 rings (SSSR count). The lowest BCUT2D eigenvalue weighted by Crippen LogP contribution is -2.42. The summed E-state index contributed by atoms with van der Waals surface area (Å²) in [5.74, 6) is 0. The van der Waals surface area contributed by atoms with E-state index in [4.69, 9.17) is 4.74 Å². The zero-order valence-corrected chi connectivity index (χ0v) is 11.8. The van der Waals surface area contributed by atoms with Crippen molar-refractivity contribution in [1.82, 2.24) is 4.90 Å². The molecule has 2 atom stereocenters. The van der Waals surface area contributed by atoms with Crippen molar-refractivity contribution in [3.05, 3.63) is 35.9 Å². The topological polar surface area (TPSA) is 46.6 Å². The monoisotopic (exact) mass is 275 g/mol. The third-order valence-electron chi connectivity index (χ3n) is 3.74. The highest BCUT2D eigenvalue weighted by molar-refractivity contribution is 5.74. The van der Waals surface area contributed by atoms with E-state index in [0.717, 1.165) is 37.5 Å². The molecule has 0 aromatic heterocycles. The van der Waals surface area contributed by atoms with Gasteiger partial charge < -0.3 is 9.53 Å². The number of benzene rings is 1. The summed E-state index contributed by atoms with van der Waals surface area (Å²) >= 11 is 0. The van der Waals surface area contributed by atoms with Gasteiger partial charge in [-0.05, 0) is 24.8 Å². The zero-order valence-electron chi connectivity index (χ0n) is 11.8. The quantitative estimate of drug-likeness (QED) is 0.775. The Bertz CT molecular complexity index is 446. The number of aldehydes is 1. The van der Waals surface area contributed by atoms with Crippen LogP contribution < -0.4 is 0 Å². The number of carbonyl (C=O) groups excluding carboxylic acids is 2. The van der Waals surface area contributed by atoms with Crippen LogP contribution in [0.3, 0.4) is 0 Å². The molecule has 1 aromatic carbocycles. The second-order valence-electron chi connectivity index (χ2n) is 5.17. The molecule has 0 N–H and O–H groups in total. The molecular weight excluding hydrogens is 254 g/mol. The Hall–Kier alpha value is -1.84. The molecule has 1 amide bonds. The fraction of sp³-hybridized carbons (Fsp3) is 0.500. The van der Waals surface area contributed by atoms with E-state index in [-0.39, 0.29) is 24.8 Å². The van der Waals surface area contributed by atoms with E-state index in [9.17, 15) is 9.59 Å². The molecule has 0 unspecified atom stereocenters. The lowest BCUT2D eigenvalue weighted by Gasteiger charge is -2.26. The number of rotatable bonds is 5. The van der Waals surface area contributed by atoms with Crippen LogP contribution in [0.5, 0.6) is 0 Å². The third-order valence-corrected chi connectivity index (χ3v) is 3.74. The highest BCUT2D eigenvalue weighted by atomic mass is 16.6. The number of amides is 1. The summed E-state index contributed by atoms with van der Waals surface area (Å²) in [6, 6.07) is 9.38. The average Bonchev–Trinajstić information content (AvgIpc) is 2.89. The summed E-state index contributed by atoms with van der Waals surface area (Å²) < 4.78 is 5.35. The molecule has 108 valence electrons. The summed E-state index contributed by atoms with van der Waals surface area (Å²) in [7, 11) is 0. The van der Waals surface area contributed by atoms with E-state index >= 15 is 0 Å². The third kappa shape index (κ3) is 3.38. The highest BCUT2D eigenvalue weighted by Crippen LogP contribution is 2.27. The molecule has 4 nitrogen and oxygen atoms in total. The lowest BCUT2D eigenvalue weighted by atomic mass is 10.1. The molecule has 1 aromatic rings. The van der Waals surface area contributed by atoms with Gasteiger partial charge in [0.1, 0.15) is 12.9 Å². The molecular formula is C16H21NO3. The Morgan fingerprint density at radius 1 is 1.35 bits per heavy atom. The van der Waals surface area contributed by atoms with Crippen molar-refractivity contribution in [3.8, 4) is 0 Å². The van der Waals surface area contributed by atoms with Crippen LogP contribution in [0.25, 0.3) is 0 Å². The zero-order chi connectivity index (χ0) is 14.4. The van der Waals surface area contributed by atoms with Gasteiger partial charge in [-0.1, -0.05) is 43.7 Å². The molecule has 1 heterocycles. The number of likely N-dealkylation sites (tertiary alicyclic amines) is 1. The Morgan fingerprint density at radius 3 is 2.75 bits per heavy atom. The van der Waals surface area contributed by atoms with Crippen LogP contribution in [0, 0.1) is 0 Å². The minimum atomic E-state index is -0.373. The van der Waals surface area contributed by atoms with Crippen molar-refractivity contribution in [2.24, 2.45) is 0 Å². The first-order chi connectivity index (χ1) is 9.76. The normalized spacial score (nSPS) is 21.8. The SMILES string of the molecule is CCC[C@@H]1CC[C@H](C=O)N1C(=O)OCc1ccccc1. The van der Waals surface area contributed by atoms with Crippen molar-refractivity contribution >= 4 is 12.4 Å². The number of hydrogen-bond donors (Lipinski definition) is 0. The number of carbonyl (C=O) groups is 2. The van der Waals surface area contributed by atoms with Gasteiger partial charge >= 0.3 is 6.09 Å². The number of nitrogens with zero attached hydrogens (tertiary/aromatic N) is 1. The first kappa shape index (κ1) is 14.6. The molecule has 0 spiro atoms. The molecule has 20 heavy (non-hydrogen) atoms. The van der Waals surface area contributed by atoms with Crippen LogP contribution in [-0.2, 0) is 16.1 Å². The van der Waals surface area contributed by atoms with E-state index in [1.54, 1.807) is 4.90 Å². The summed E-state index contributed by atoms with van der Waals surface area (Å²) in [5.41, 5.74) is 0.953. The Kier molecular flexibility index (Phi) is 5.16. The fourth-order valence-electron chi connectivity index (χ4n) is 2.74. The van der Waals surface area contributed by atoms with E-state index < -0.39 is 0 Å². The van der Waals surface area contributed by atoms with E-state index in [1.165, 1.54) is 0 Å². The summed E-state index contributed by atoms with van der Waals surface area (Å²) in [4.78, 5) is 24.9. The van der Waals surface area contributed by atoms with E-state index in [0.29, 0.717) is 0 Å². The van der Waals surface area contributed by atoms with Gasteiger partial charge in [0.15, 0.2) is 0 Å². The minimum Gasteiger partial charge on any atom is -0.445 e. The molecule has 1 saturated heterocycles. The van der Waals surface area contributed by atoms with Gasteiger partial charge in [0.25, 0.3) is 0 Å². The molecule has 1 aliphatic heterocycles. The molecule has 0 radical (unpaired) electrons. The second kappa shape index (κ2) is 7.08. The number of hydrogen-bond acceptors (Lipinski definition) is 3. The Labute approximate surface area is 119 Å². The lowest BCUT2D eigenvalue weighted by molar-refractivity contribution is -0.111. The van der Waals surface area contributed by atoms with Crippen LogP contribution in [0.2, 0.25) is 0 Å². The second-order valence-corrected chi connectivity index (χ2v) is 5.17. The fourth-order valence-corrected chi connectivity index (χ4v) is 2.74.